The molecule has 25 heavy (non-hydrogen) atoms. The predicted octanol–water partition coefficient (Wildman–Crippen LogP) is 5.06. The van der Waals surface area contributed by atoms with Crippen molar-refractivity contribution in [2.24, 2.45) is 0 Å². The van der Waals surface area contributed by atoms with Crippen LogP contribution < -0.4 is 0 Å². The Morgan fingerprint density at radius 2 is 1.96 bits per heavy atom. The van der Waals surface area contributed by atoms with Crippen LogP contribution in [0.25, 0.3) is 0 Å². The molecule has 4 nitrogen and oxygen atoms in total. The van der Waals surface area contributed by atoms with Crippen molar-refractivity contribution in [1.29, 1.82) is 0 Å². The summed E-state index contributed by atoms with van der Waals surface area (Å²) in [6.45, 7) is 11.1. The molecular formula is C20H34FNO3. The van der Waals surface area contributed by atoms with Gasteiger partial charge in [-0.3, -0.25) is 4.90 Å². The van der Waals surface area contributed by atoms with E-state index in [9.17, 15) is 9.18 Å². The SMILES string of the molecule is CCCCCCCC#C[C@@H](F)[C@@H]1COC(C)(C)N1C(=O)OC(C)(C)C. The van der Waals surface area contributed by atoms with Crippen LogP contribution in [0.3, 0.4) is 0 Å². The van der Waals surface area contributed by atoms with E-state index in [1.54, 1.807) is 34.6 Å². The van der Waals surface area contributed by atoms with Gasteiger partial charge in [0.05, 0.1) is 6.61 Å². The van der Waals surface area contributed by atoms with Crippen molar-refractivity contribution in [2.75, 3.05) is 6.61 Å². The van der Waals surface area contributed by atoms with Crippen LogP contribution in [0.1, 0.15) is 80.1 Å². The van der Waals surface area contributed by atoms with Crippen molar-refractivity contribution in [2.45, 2.75) is 104 Å². The molecule has 1 aliphatic rings. The standard InChI is InChI=1S/C20H34FNO3/c1-7-8-9-10-11-12-13-14-16(21)17-15-24-20(5,6)22(17)18(23)25-19(2,3)4/h16-17H,7-12,15H2,1-6H3/t16-,17+/m1/s1. The van der Waals surface area contributed by atoms with Crippen molar-refractivity contribution in [1.82, 2.24) is 4.90 Å². The van der Waals surface area contributed by atoms with Crippen LogP contribution in [0.15, 0.2) is 0 Å². The fraction of sp³-hybridized carbons (Fsp3) is 0.850. The van der Waals surface area contributed by atoms with E-state index in [1.165, 1.54) is 24.2 Å². The third-order valence-corrected chi connectivity index (χ3v) is 4.09. The molecule has 0 bridgehead atoms. The van der Waals surface area contributed by atoms with Crippen LogP contribution in [-0.4, -0.2) is 41.1 Å². The van der Waals surface area contributed by atoms with Gasteiger partial charge in [0.1, 0.15) is 17.4 Å². The molecule has 0 unspecified atom stereocenters. The predicted molar refractivity (Wildman–Crippen MR) is 97.9 cm³/mol. The minimum Gasteiger partial charge on any atom is -0.444 e. The Hall–Kier alpha value is -1.28. The topological polar surface area (TPSA) is 38.8 Å². The summed E-state index contributed by atoms with van der Waals surface area (Å²) < 4.78 is 25.6. The Balaban J connectivity index is 2.64. The van der Waals surface area contributed by atoms with E-state index < -0.39 is 29.6 Å². The van der Waals surface area contributed by atoms with Gasteiger partial charge in [-0.2, -0.15) is 0 Å². The van der Waals surface area contributed by atoms with E-state index in [1.807, 2.05) is 0 Å². The van der Waals surface area contributed by atoms with Gasteiger partial charge < -0.3 is 9.47 Å². The number of amides is 1. The average Bonchev–Trinajstić information content (AvgIpc) is 2.80. The molecule has 1 amide bonds. The highest BCUT2D eigenvalue weighted by atomic mass is 19.1. The average molecular weight is 355 g/mol. The Morgan fingerprint density at radius 1 is 1.32 bits per heavy atom. The van der Waals surface area contributed by atoms with Crippen LogP contribution in [-0.2, 0) is 9.47 Å². The van der Waals surface area contributed by atoms with Crippen LogP contribution >= 0.6 is 0 Å². The number of halogens is 1. The summed E-state index contributed by atoms with van der Waals surface area (Å²) in [6.07, 6.45) is 4.44. The highest BCUT2D eigenvalue weighted by molar-refractivity contribution is 5.70. The van der Waals surface area contributed by atoms with Crippen LogP contribution in [0.2, 0.25) is 0 Å². The molecule has 144 valence electrons. The number of nitrogens with zero attached hydrogens (tertiary/aromatic N) is 1. The normalized spacial score (nSPS) is 20.8. The first-order chi connectivity index (χ1) is 11.6. The van der Waals surface area contributed by atoms with Gasteiger partial charge in [-0.15, -0.1) is 5.92 Å². The first kappa shape index (κ1) is 21.8. The van der Waals surface area contributed by atoms with E-state index in [0.29, 0.717) is 6.42 Å². The molecule has 2 atom stereocenters. The summed E-state index contributed by atoms with van der Waals surface area (Å²) in [6, 6.07) is -0.738. The highest BCUT2D eigenvalue weighted by Gasteiger charge is 2.48. The lowest BCUT2D eigenvalue weighted by Gasteiger charge is -2.35. The lowest BCUT2D eigenvalue weighted by Crippen LogP contribution is -2.52. The third-order valence-electron chi connectivity index (χ3n) is 4.09. The molecule has 1 heterocycles. The second-order valence-electron chi connectivity index (χ2n) is 8.06. The van der Waals surface area contributed by atoms with E-state index in [2.05, 4.69) is 18.8 Å². The molecule has 0 aromatic carbocycles. The molecule has 0 aromatic rings. The maximum atomic E-state index is 14.6. The number of rotatable bonds is 6. The first-order valence-corrected chi connectivity index (χ1v) is 9.37. The molecule has 1 aliphatic heterocycles. The fourth-order valence-corrected chi connectivity index (χ4v) is 2.80. The summed E-state index contributed by atoms with van der Waals surface area (Å²) in [4.78, 5) is 13.8. The first-order valence-electron chi connectivity index (χ1n) is 9.37. The van der Waals surface area contributed by atoms with Gasteiger partial charge in [0, 0.05) is 6.42 Å². The third kappa shape index (κ3) is 7.23. The number of carbonyl (C=O) groups is 1. The second kappa shape index (κ2) is 9.43. The molecule has 0 aliphatic carbocycles. The van der Waals surface area contributed by atoms with Crippen molar-refractivity contribution >= 4 is 6.09 Å². The molecular weight excluding hydrogens is 321 g/mol. The number of alkyl halides is 1. The smallest absolute Gasteiger partial charge is 0.413 e. The number of ether oxygens (including phenoxy) is 2. The van der Waals surface area contributed by atoms with Gasteiger partial charge in [0.25, 0.3) is 0 Å². The number of unbranched alkanes of at least 4 members (excludes halogenated alkanes) is 5. The molecule has 0 spiro atoms. The molecule has 0 N–H and O–H groups in total. The largest absolute Gasteiger partial charge is 0.444 e. The molecule has 1 saturated heterocycles. The van der Waals surface area contributed by atoms with E-state index >= 15 is 0 Å². The maximum absolute atomic E-state index is 14.6. The summed E-state index contributed by atoms with van der Waals surface area (Å²) in [5, 5.41) is 0. The van der Waals surface area contributed by atoms with Gasteiger partial charge in [0.2, 0.25) is 0 Å². The van der Waals surface area contributed by atoms with Gasteiger partial charge in [-0.25, -0.2) is 9.18 Å². The lowest BCUT2D eigenvalue weighted by atomic mass is 10.1. The minimum absolute atomic E-state index is 0.124. The van der Waals surface area contributed by atoms with Gasteiger partial charge in [0.15, 0.2) is 6.17 Å². The van der Waals surface area contributed by atoms with E-state index in [-0.39, 0.29) is 6.61 Å². The monoisotopic (exact) mass is 355 g/mol. The number of hydrogen-bond donors (Lipinski definition) is 0. The zero-order valence-corrected chi connectivity index (χ0v) is 16.7. The van der Waals surface area contributed by atoms with Gasteiger partial charge >= 0.3 is 6.09 Å². The zero-order chi connectivity index (χ0) is 19.1. The Labute approximate surface area is 152 Å². The van der Waals surface area contributed by atoms with Crippen LogP contribution in [0.4, 0.5) is 9.18 Å². The molecule has 5 heteroatoms. The fourth-order valence-electron chi connectivity index (χ4n) is 2.80. The van der Waals surface area contributed by atoms with Crippen molar-refractivity contribution in [3.05, 3.63) is 0 Å². The quantitative estimate of drug-likeness (QED) is 0.494. The second-order valence-corrected chi connectivity index (χ2v) is 8.06. The lowest BCUT2D eigenvalue weighted by molar-refractivity contribution is -0.0641. The number of carbonyl (C=O) groups excluding carboxylic acids is 1. The van der Waals surface area contributed by atoms with Crippen molar-refractivity contribution in [3.63, 3.8) is 0 Å². The Morgan fingerprint density at radius 3 is 2.56 bits per heavy atom. The maximum Gasteiger partial charge on any atom is 0.413 e. The van der Waals surface area contributed by atoms with Crippen LogP contribution in [0, 0.1) is 11.8 Å². The summed E-state index contributed by atoms with van der Waals surface area (Å²) in [5.74, 6) is 5.57. The summed E-state index contributed by atoms with van der Waals surface area (Å²) in [7, 11) is 0. The molecule has 1 fully saturated rings. The van der Waals surface area contributed by atoms with Crippen LogP contribution in [0.5, 0.6) is 0 Å². The zero-order valence-electron chi connectivity index (χ0n) is 16.7. The molecule has 0 aromatic heterocycles. The molecule has 0 radical (unpaired) electrons. The highest BCUT2D eigenvalue weighted by Crippen LogP contribution is 2.31. The Kier molecular flexibility index (Phi) is 8.21. The summed E-state index contributed by atoms with van der Waals surface area (Å²) >= 11 is 0. The van der Waals surface area contributed by atoms with Crippen molar-refractivity contribution < 1.29 is 18.7 Å². The van der Waals surface area contributed by atoms with Crippen molar-refractivity contribution in [3.8, 4) is 11.8 Å². The van der Waals surface area contributed by atoms with E-state index in [0.717, 1.165) is 12.8 Å². The molecule has 0 saturated carbocycles. The number of hydrogen-bond acceptors (Lipinski definition) is 3. The van der Waals surface area contributed by atoms with Gasteiger partial charge in [-0.1, -0.05) is 38.5 Å². The summed E-state index contributed by atoms with van der Waals surface area (Å²) in [5.41, 5.74) is -1.55. The molecule has 1 rings (SSSR count). The van der Waals surface area contributed by atoms with Gasteiger partial charge in [-0.05, 0) is 41.0 Å². The minimum atomic E-state index is -1.44. The Bertz CT molecular complexity index is 487. The van der Waals surface area contributed by atoms with E-state index in [4.69, 9.17) is 9.47 Å².